The van der Waals surface area contributed by atoms with Crippen LogP contribution in [0.1, 0.15) is 22.3 Å². The Morgan fingerprint density at radius 2 is 1.86 bits per heavy atom. The van der Waals surface area contributed by atoms with Gasteiger partial charge in [-0.1, -0.05) is 6.07 Å². The third-order valence-electron chi connectivity index (χ3n) is 6.12. The standard InChI is InChI=1S/C25H22F2N4O4/c1-34-19-10-20(35-2)23(27)21(22(19)26)18-9-17-16(11-28-18)24(30-29-17)13-4-5-15-14(8-13)12-31(25(15)33)6-3-7-32/h4-5,8-11,32H,3,6-7,12H2,1-2H3,(H,29,30). The first-order chi connectivity index (χ1) is 17.0. The lowest BCUT2D eigenvalue weighted by molar-refractivity contribution is 0.0768. The van der Waals surface area contributed by atoms with E-state index in [-0.39, 0.29) is 35.3 Å². The van der Waals surface area contributed by atoms with Gasteiger partial charge in [0.2, 0.25) is 0 Å². The number of benzene rings is 2. The number of nitrogens with zero attached hydrogens (tertiary/aromatic N) is 3. The van der Waals surface area contributed by atoms with Gasteiger partial charge >= 0.3 is 0 Å². The monoisotopic (exact) mass is 480 g/mol. The Kier molecular flexibility index (Phi) is 5.81. The average molecular weight is 480 g/mol. The van der Waals surface area contributed by atoms with E-state index in [9.17, 15) is 13.6 Å². The minimum absolute atomic E-state index is 0.0238. The van der Waals surface area contributed by atoms with Gasteiger partial charge in [-0.15, -0.1) is 0 Å². The summed E-state index contributed by atoms with van der Waals surface area (Å²) in [5.74, 6) is -2.15. The molecule has 2 N–H and O–H groups in total. The molecule has 0 fully saturated rings. The molecular formula is C25H22F2N4O4. The molecule has 0 spiro atoms. The van der Waals surface area contributed by atoms with Crippen molar-refractivity contribution < 1.29 is 28.2 Å². The number of ether oxygens (including phenoxy) is 2. The molecule has 10 heteroatoms. The second-order valence-corrected chi connectivity index (χ2v) is 8.15. The molecule has 1 amide bonds. The fourth-order valence-corrected chi connectivity index (χ4v) is 4.35. The van der Waals surface area contributed by atoms with Gasteiger partial charge in [0.15, 0.2) is 23.1 Å². The molecule has 0 unspecified atom stereocenters. The molecule has 0 atom stereocenters. The fourth-order valence-electron chi connectivity index (χ4n) is 4.35. The van der Waals surface area contributed by atoms with Crippen molar-refractivity contribution in [3.63, 3.8) is 0 Å². The number of rotatable bonds is 7. The molecule has 2 aromatic carbocycles. The number of H-pyrrole nitrogens is 1. The van der Waals surface area contributed by atoms with Crippen LogP contribution in [0.25, 0.3) is 33.4 Å². The number of amides is 1. The summed E-state index contributed by atoms with van der Waals surface area (Å²) in [5, 5.41) is 17.0. The molecule has 0 saturated carbocycles. The van der Waals surface area contributed by atoms with Gasteiger partial charge in [-0.2, -0.15) is 5.10 Å². The molecule has 35 heavy (non-hydrogen) atoms. The highest BCUT2D eigenvalue weighted by Crippen LogP contribution is 2.38. The normalized spacial score (nSPS) is 12.9. The number of aliphatic hydroxyl groups excluding tert-OH is 1. The van der Waals surface area contributed by atoms with Crippen LogP contribution < -0.4 is 9.47 Å². The quantitative estimate of drug-likeness (QED) is 0.416. The fraction of sp³-hybridized carbons (Fsp3) is 0.240. The van der Waals surface area contributed by atoms with E-state index in [1.165, 1.54) is 26.5 Å². The van der Waals surface area contributed by atoms with Crippen LogP contribution in [0.3, 0.4) is 0 Å². The first-order valence-electron chi connectivity index (χ1n) is 10.9. The molecule has 2 aromatic heterocycles. The number of pyridine rings is 1. The minimum Gasteiger partial charge on any atom is -0.494 e. The van der Waals surface area contributed by atoms with E-state index in [4.69, 9.17) is 14.6 Å². The Labute approximate surface area is 199 Å². The van der Waals surface area contributed by atoms with Crippen LogP contribution in [-0.4, -0.2) is 58.5 Å². The summed E-state index contributed by atoms with van der Waals surface area (Å²) < 4.78 is 39.9. The molecule has 1 aliphatic rings. The number of hydrogen-bond donors (Lipinski definition) is 2. The van der Waals surface area contributed by atoms with Crippen LogP contribution >= 0.6 is 0 Å². The number of aromatic nitrogens is 3. The van der Waals surface area contributed by atoms with E-state index < -0.39 is 11.6 Å². The van der Waals surface area contributed by atoms with Crippen LogP contribution in [-0.2, 0) is 6.54 Å². The second-order valence-electron chi connectivity index (χ2n) is 8.15. The van der Waals surface area contributed by atoms with Gasteiger partial charge in [-0.05, 0) is 30.2 Å². The van der Waals surface area contributed by atoms with Crippen molar-refractivity contribution in [2.24, 2.45) is 0 Å². The van der Waals surface area contributed by atoms with Gasteiger partial charge in [0.05, 0.1) is 31.0 Å². The van der Waals surface area contributed by atoms with E-state index in [1.54, 1.807) is 11.0 Å². The van der Waals surface area contributed by atoms with Crippen LogP contribution in [0.2, 0.25) is 0 Å². The molecule has 5 rings (SSSR count). The number of carbonyl (C=O) groups excluding carboxylic acids is 1. The second kappa shape index (κ2) is 8.95. The SMILES string of the molecule is COc1cc(OC)c(F)c(-c2cc3[nH]nc(-c4ccc5c(c4)CN(CCCO)C5=O)c3cn2)c1F. The predicted molar refractivity (Wildman–Crippen MR) is 124 cm³/mol. The lowest BCUT2D eigenvalue weighted by Gasteiger charge is -2.13. The van der Waals surface area contributed by atoms with Crippen molar-refractivity contribution in [1.82, 2.24) is 20.1 Å². The maximum Gasteiger partial charge on any atom is 0.254 e. The zero-order valence-corrected chi connectivity index (χ0v) is 19.1. The Morgan fingerprint density at radius 1 is 1.11 bits per heavy atom. The Balaban J connectivity index is 1.53. The average Bonchev–Trinajstić information content (AvgIpc) is 3.43. The predicted octanol–water partition coefficient (Wildman–Crippen LogP) is 3.93. The summed E-state index contributed by atoms with van der Waals surface area (Å²) in [4.78, 5) is 18.6. The Bertz CT molecular complexity index is 1430. The number of carbonyl (C=O) groups is 1. The summed E-state index contributed by atoms with van der Waals surface area (Å²) in [6.45, 7) is 0.971. The van der Waals surface area contributed by atoms with Crippen molar-refractivity contribution in [1.29, 1.82) is 0 Å². The summed E-state index contributed by atoms with van der Waals surface area (Å²) >= 11 is 0. The highest BCUT2D eigenvalue weighted by molar-refractivity contribution is 6.00. The zero-order valence-electron chi connectivity index (χ0n) is 19.1. The van der Waals surface area contributed by atoms with Crippen molar-refractivity contribution in [3.05, 3.63) is 59.3 Å². The molecule has 0 bridgehead atoms. The Morgan fingerprint density at radius 3 is 2.54 bits per heavy atom. The number of fused-ring (bicyclic) bond motifs is 2. The van der Waals surface area contributed by atoms with Gasteiger partial charge in [0.25, 0.3) is 5.91 Å². The summed E-state index contributed by atoms with van der Waals surface area (Å²) in [7, 11) is 2.57. The number of hydrogen-bond acceptors (Lipinski definition) is 6. The van der Waals surface area contributed by atoms with E-state index in [1.807, 2.05) is 12.1 Å². The molecule has 3 heterocycles. The van der Waals surface area contributed by atoms with Crippen molar-refractivity contribution in [3.8, 4) is 34.0 Å². The van der Waals surface area contributed by atoms with Crippen LogP contribution in [0.4, 0.5) is 8.78 Å². The summed E-state index contributed by atoms with van der Waals surface area (Å²) in [6.07, 6.45) is 2.02. The molecule has 180 valence electrons. The Hall–Kier alpha value is -4.05. The zero-order chi connectivity index (χ0) is 24.7. The maximum absolute atomic E-state index is 14.9. The molecular weight excluding hydrogens is 458 g/mol. The lowest BCUT2D eigenvalue weighted by atomic mass is 10.0. The molecule has 0 radical (unpaired) electrons. The van der Waals surface area contributed by atoms with Crippen molar-refractivity contribution >= 4 is 16.8 Å². The van der Waals surface area contributed by atoms with Crippen molar-refractivity contribution in [2.75, 3.05) is 27.4 Å². The topological polar surface area (TPSA) is 101 Å². The maximum atomic E-state index is 14.9. The lowest BCUT2D eigenvalue weighted by Crippen LogP contribution is -2.25. The van der Waals surface area contributed by atoms with Crippen LogP contribution in [0.5, 0.6) is 11.5 Å². The minimum atomic E-state index is -0.883. The molecule has 8 nitrogen and oxygen atoms in total. The molecule has 4 aromatic rings. The smallest absolute Gasteiger partial charge is 0.254 e. The molecule has 0 aliphatic carbocycles. The number of halogens is 2. The third-order valence-corrected chi connectivity index (χ3v) is 6.12. The van der Waals surface area contributed by atoms with Crippen LogP contribution in [0.15, 0.2) is 36.5 Å². The van der Waals surface area contributed by atoms with Gasteiger partial charge in [-0.25, -0.2) is 8.78 Å². The highest BCUT2D eigenvalue weighted by atomic mass is 19.1. The van der Waals surface area contributed by atoms with Gasteiger partial charge in [0.1, 0.15) is 5.69 Å². The van der Waals surface area contributed by atoms with Gasteiger partial charge < -0.3 is 19.5 Å². The van der Waals surface area contributed by atoms with E-state index in [0.717, 1.165) is 17.2 Å². The number of nitrogens with one attached hydrogen (secondary N) is 1. The number of aliphatic hydroxyl groups is 1. The number of aromatic amines is 1. The van der Waals surface area contributed by atoms with Gasteiger partial charge in [-0.3, -0.25) is 14.9 Å². The summed E-state index contributed by atoms with van der Waals surface area (Å²) in [5.41, 5.74) is 3.11. The van der Waals surface area contributed by atoms with E-state index >= 15 is 0 Å². The van der Waals surface area contributed by atoms with Crippen LogP contribution in [0, 0.1) is 11.6 Å². The van der Waals surface area contributed by atoms with Gasteiger partial charge in [0, 0.05) is 48.5 Å². The van der Waals surface area contributed by atoms with E-state index in [2.05, 4.69) is 15.2 Å². The molecule has 1 aliphatic heterocycles. The molecule has 0 saturated heterocycles. The summed E-state index contributed by atoms with van der Waals surface area (Å²) in [6, 6.07) is 8.13. The van der Waals surface area contributed by atoms with E-state index in [0.29, 0.717) is 41.7 Å². The highest BCUT2D eigenvalue weighted by Gasteiger charge is 2.28. The first-order valence-corrected chi connectivity index (χ1v) is 10.9. The first kappa shape index (κ1) is 22.7. The number of methoxy groups -OCH3 is 2. The largest absolute Gasteiger partial charge is 0.494 e. The van der Waals surface area contributed by atoms with Crippen molar-refractivity contribution in [2.45, 2.75) is 13.0 Å². The third kappa shape index (κ3) is 3.75.